The number of methoxy groups -OCH3 is 1. The van der Waals surface area contributed by atoms with E-state index >= 15 is 0 Å². The van der Waals surface area contributed by atoms with Gasteiger partial charge in [-0.3, -0.25) is 9.69 Å². The number of aryl methyl sites for hydroxylation is 1. The highest BCUT2D eigenvalue weighted by atomic mass is 16.7. The summed E-state index contributed by atoms with van der Waals surface area (Å²) in [5, 5.41) is 0. The van der Waals surface area contributed by atoms with Crippen LogP contribution in [-0.4, -0.2) is 25.6 Å². The van der Waals surface area contributed by atoms with Gasteiger partial charge in [0, 0.05) is 0 Å². The van der Waals surface area contributed by atoms with Gasteiger partial charge >= 0.3 is 0 Å². The van der Waals surface area contributed by atoms with Gasteiger partial charge in [0.2, 0.25) is 6.79 Å². The fourth-order valence-corrected chi connectivity index (χ4v) is 3.69. The van der Waals surface area contributed by atoms with Crippen molar-refractivity contribution in [1.82, 2.24) is 0 Å². The van der Waals surface area contributed by atoms with Crippen molar-refractivity contribution >= 4 is 23.5 Å². The maximum atomic E-state index is 13.5. The van der Waals surface area contributed by atoms with Crippen LogP contribution in [0.15, 0.2) is 77.4 Å². The summed E-state index contributed by atoms with van der Waals surface area (Å²) in [7, 11) is 1.61. The Balaban J connectivity index is 1.63. The minimum absolute atomic E-state index is 0.200. The zero-order valence-corrected chi connectivity index (χ0v) is 17.2. The number of nitrogens with zero attached hydrogens (tertiary/aromatic N) is 2. The van der Waals surface area contributed by atoms with Crippen molar-refractivity contribution in [3.05, 3.63) is 89.1 Å². The average molecular weight is 412 g/mol. The number of aliphatic imine (C=N–C) groups is 1. The minimum atomic E-state index is -0.204. The van der Waals surface area contributed by atoms with Crippen molar-refractivity contribution < 1.29 is 19.0 Å². The van der Waals surface area contributed by atoms with E-state index in [1.165, 1.54) is 0 Å². The second-order valence-electron chi connectivity index (χ2n) is 7.26. The van der Waals surface area contributed by atoms with Crippen LogP contribution in [0.3, 0.4) is 0 Å². The van der Waals surface area contributed by atoms with E-state index in [9.17, 15) is 4.79 Å². The first kappa shape index (κ1) is 18.9. The highest BCUT2D eigenvalue weighted by Gasteiger charge is 2.34. The van der Waals surface area contributed by atoms with E-state index < -0.39 is 0 Å². The highest BCUT2D eigenvalue weighted by Crippen LogP contribution is 2.35. The number of hydrogen-bond donors (Lipinski definition) is 0. The number of fused-ring (bicyclic) bond motifs is 1. The van der Waals surface area contributed by atoms with Gasteiger partial charge in [0.15, 0.2) is 17.3 Å². The Morgan fingerprint density at radius 2 is 1.84 bits per heavy atom. The molecule has 5 rings (SSSR count). The Kier molecular flexibility index (Phi) is 4.67. The Bertz CT molecular complexity index is 1250. The molecule has 0 saturated carbocycles. The smallest absolute Gasteiger partial charge is 0.282 e. The maximum absolute atomic E-state index is 13.5. The molecule has 31 heavy (non-hydrogen) atoms. The summed E-state index contributed by atoms with van der Waals surface area (Å²) in [5.74, 6) is 2.32. The number of benzene rings is 3. The lowest BCUT2D eigenvalue weighted by atomic mass is 10.1. The number of anilines is 1. The van der Waals surface area contributed by atoms with E-state index in [2.05, 4.69) is 0 Å². The average Bonchev–Trinajstić information content (AvgIpc) is 3.38. The molecule has 0 atom stereocenters. The van der Waals surface area contributed by atoms with Gasteiger partial charge in [-0.2, -0.15) is 0 Å². The lowest BCUT2D eigenvalue weighted by Gasteiger charge is -2.20. The number of carbonyl (C=O) groups excluding carboxylic acids is 1. The molecule has 6 heteroatoms. The third kappa shape index (κ3) is 3.42. The van der Waals surface area contributed by atoms with Crippen LogP contribution in [0.4, 0.5) is 5.69 Å². The summed E-state index contributed by atoms with van der Waals surface area (Å²) in [6, 6.07) is 20.9. The topological polar surface area (TPSA) is 60.4 Å². The van der Waals surface area contributed by atoms with Gasteiger partial charge < -0.3 is 14.2 Å². The van der Waals surface area contributed by atoms with Crippen LogP contribution in [0.25, 0.3) is 6.08 Å². The molecule has 0 spiro atoms. The first-order valence-corrected chi connectivity index (χ1v) is 9.88. The molecular formula is C25H20N2O4. The molecule has 2 heterocycles. The molecule has 2 aliphatic heterocycles. The number of amides is 1. The predicted octanol–water partition coefficient (Wildman–Crippen LogP) is 4.57. The number of carbonyl (C=O) groups is 1. The van der Waals surface area contributed by atoms with Crippen LogP contribution < -0.4 is 19.1 Å². The van der Waals surface area contributed by atoms with Crippen LogP contribution in [0.5, 0.6) is 17.2 Å². The molecule has 0 N–H and O–H groups in total. The third-order valence-corrected chi connectivity index (χ3v) is 5.17. The molecule has 0 fully saturated rings. The lowest BCUT2D eigenvalue weighted by molar-refractivity contribution is -0.113. The third-order valence-electron chi connectivity index (χ3n) is 5.17. The first-order chi connectivity index (χ1) is 15.1. The second-order valence-corrected chi connectivity index (χ2v) is 7.26. The molecule has 154 valence electrons. The summed E-state index contributed by atoms with van der Waals surface area (Å²) in [5.41, 5.74) is 3.69. The zero-order chi connectivity index (χ0) is 21.4. The number of rotatable bonds is 4. The van der Waals surface area contributed by atoms with Gasteiger partial charge in [0.1, 0.15) is 11.4 Å². The number of amidine groups is 1. The summed E-state index contributed by atoms with van der Waals surface area (Å²) in [6.07, 6.45) is 1.76. The zero-order valence-electron chi connectivity index (χ0n) is 17.2. The molecule has 3 aromatic rings. The normalized spacial score (nSPS) is 16.1. The van der Waals surface area contributed by atoms with E-state index in [0.29, 0.717) is 28.8 Å². The molecule has 1 amide bonds. The largest absolute Gasteiger partial charge is 0.496 e. The van der Waals surface area contributed by atoms with Crippen molar-refractivity contribution in [2.75, 3.05) is 18.8 Å². The van der Waals surface area contributed by atoms with E-state index in [4.69, 9.17) is 19.2 Å². The molecule has 0 aromatic heterocycles. The van der Waals surface area contributed by atoms with Crippen molar-refractivity contribution in [3.63, 3.8) is 0 Å². The Morgan fingerprint density at radius 1 is 1.00 bits per heavy atom. The Morgan fingerprint density at radius 3 is 2.68 bits per heavy atom. The Labute approximate surface area is 180 Å². The SMILES string of the molecule is COc1ccccc1C1=N/C(=C/c2ccc3c(c2)OCO3)C(=O)N1c1cccc(C)c1. The molecule has 2 aliphatic rings. The van der Waals surface area contributed by atoms with Crippen LogP contribution >= 0.6 is 0 Å². The molecule has 0 saturated heterocycles. The minimum Gasteiger partial charge on any atom is -0.496 e. The summed E-state index contributed by atoms with van der Waals surface area (Å²) in [6.45, 7) is 2.19. The second kappa shape index (κ2) is 7.65. The fraction of sp³-hybridized carbons (Fsp3) is 0.120. The van der Waals surface area contributed by atoms with Gasteiger partial charge in [-0.25, -0.2) is 4.99 Å². The molecule has 3 aromatic carbocycles. The van der Waals surface area contributed by atoms with Crippen molar-refractivity contribution in [2.45, 2.75) is 6.92 Å². The number of ether oxygens (including phenoxy) is 3. The standard InChI is InChI=1S/C25H20N2O4/c1-16-6-5-7-18(12-16)27-24(19-8-3-4-9-21(19)29-2)26-20(25(27)28)13-17-10-11-22-23(14-17)31-15-30-22/h3-14H,15H2,1-2H3/b20-13+. The number of para-hydroxylation sites is 1. The highest BCUT2D eigenvalue weighted by molar-refractivity contribution is 6.33. The predicted molar refractivity (Wildman–Crippen MR) is 119 cm³/mol. The number of hydrogen-bond acceptors (Lipinski definition) is 5. The monoisotopic (exact) mass is 412 g/mol. The van der Waals surface area contributed by atoms with Gasteiger partial charge in [-0.05, 0) is 60.5 Å². The van der Waals surface area contributed by atoms with Crippen LogP contribution in [0.1, 0.15) is 16.7 Å². The summed E-state index contributed by atoms with van der Waals surface area (Å²) >= 11 is 0. The van der Waals surface area contributed by atoms with E-state index in [0.717, 1.165) is 22.4 Å². The summed E-state index contributed by atoms with van der Waals surface area (Å²) in [4.78, 5) is 19.8. The van der Waals surface area contributed by atoms with E-state index in [1.54, 1.807) is 18.1 Å². The fourth-order valence-electron chi connectivity index (χ4n) is 3.69. The molecule has 0 radical (unpaired) electrons. The Hall–Kier alpha value is -4.06. The lowest BCUT2D eigenvalue weighted by Crippen LogP contribution is -2.32. The molecule has 0 unspecified atom stereocenters. The first-order valence-electron chi connectivity index (χ1n) is 9.88. The van der Waals surface area contributed by atoms with Crippen molar-refractivity contribution in [3.8, 4) is 17.2 Å². The van der Waals surface area contributed by atoms with E-state index in [1.807, 2.05) is 73.7 Å². The van der Waals surface area contributed by atoms with Gasteiger partial charge in [-0.15, -0.1) is 0 Å². The van der Waals surface area contributed by atoms with Crippen LogP contribution in [0, 0.1) is 6.92 Å². The molecule has 0 aliphatic carbocycles. The maximum Gasteiger partial charge on any atom is 0.282 e. The quantitative estimate of drug-likeness (QED) is 0.589. The summed E-state index contributed by atoms with van der Waals surface area (Å²) < 4.78 is 16.4. The molecular weight excluding hydrogens is 392 g/mol. The van der Waals surface area contributed by atoms with Crippen molar-refractivity contribution in [2.24, 2.45) is 4.99 Å². The molecule has 6 nitrogen and oxygen atoms in total. The van der Waals surface area contributed by atoms with Gasteiger partial charge in [0.25, 0.3) is 5.91 Å². The van der Waals surface area contributed by atoms with Crippen molar-refractivity contribution in [1.29, 1.82) is 0 Å². The van der Waals surface area contributed by atoms with Gasteiger partial charge in [0.05, 0.1) is 18.4 Å². The van der Waals surface area contributed by atoms with Gasteiger partial charge in [-0.1, -0.05) is 30.3 Å². The van der Waals surface area contributed by atoms with Crippen LogP contribution in [0.2, 0.25) is 0 Å². The van der Waals surface area contributed by atoms with Crippen LogP contribution in [-0.2, 0) is 4.79 Å². The molecule has 0 bridgehead atoms. The van der Waals surface area contributed by atoms with E-state index in [-0.39, 0.29) is 12.7 Å².